The van der Waals surface area contributed by atoms with E-state index < -0.39 is 15.7 Å². The van der Waals surface area contributed by atoms with Crippen LogP contribution in [0.3, 0.4) is 0 Å². The molecule has 0 saturated carbocycles. The quantitative estimate of drug-likeness (QED) is 0.839. The summed E-state index contributed by atoms with van der Waals surface area (Å²) in [5.41, 5.74) is 11.5. The van der Waals surface area contributed by atoms with Crippen molar-refractivity contribution >= 4 is 33.0 Å². The number of carbonyl (C=O) groups is 1. The van der Waals surface area contributed by atoms with Gasteiger partial charge in [-0.05, 0) is 29.8 Å². The number of rotatable bonds is 4. The first-order valence-corrected chi connectivity index (χ1v) is 8.00. The number of halogens is 1. The second-order valence-electron chi connectivity index (χ2n) is 4.46. The lowest BCUT2D eigenvalue weighted by atomic mass is 10.1. The molecule has 7 heteroatoms. The Hall–Kier alpha value is -2.05. The zero-order valence-electron chi connectivity index (χ0n) is 10.9. The molecule has 0 spiro atoms. The summed E-state index contributed by atoms with van der Waals surface area (Å²) in [6.45, 7) is 0. The Kier molecular flexibility index (Phi) is 4.20. The summed E-state index contributed by atoms with van der Waals surface area (Å²) < 4.78 is 24.9. The van der Waals surface area contributed by atoms with Crippen molar-refractivity contribution in [2.75, 3.05) is 5.73 Å². The van der Waals surface area contributed by atoms with Crippen molar-refractivity contribution in [3.8, 4) is 0 Å². The van der Waals surface area contributed by atoms with Gasteiger partial charge in [-0.1, -0.05) is 29.8 Å². The number of amides is 1. The largest absolute Gasteiger partial charge is 0.398 e. The lowest BCUT2D eigenvalue weighted by Crippen LogP contribution is -2.16. The number of carbonyl (C=O) groups excluding carboxylic acids is 1. The second kappa shape index (κ2) is 5.75. The molecule has 0 fully saturated rings. The van der Waals surface area contributed by atoms with Gasteiger partial charge in [-0.2, -0.15) is 0 Å². The van der Waals surface area contributed by atoms with E-state index in [2.05, 4.69) is 0 Å². The van der Waals surface area contributed by atoms with Crippen molar-refractivity contribution in [1.29, 1.82) is 0 Å². The van der Waals surface area contributed by atoms with Crippen LogP contribution >= 0.6 is 11.6 Å². The summed E-state index contributed by atoms with van der Waals surface area (Å²) in [5.74, 6) is -1.06. The first-order valence-electron chi connectivity index (χ1n) is 5.97. The van der Waals surface area contributed by atoms with Gasteiger partial charge in [0, 0.05) is 10.6 Å². The molecule has 0 atom stereocenters. The first-order chi connectivity index (χ1) is 9.81. The van der Waals surface area contributed by atoms with Crippen LogP contribution in [-0.2, 0) is 15.6 Å². The van der Waals surface area contributed by atoms with Crippen LogP contribution in [-0.4, -0.2) is 14.3 Å². The molecule has 2 aromatic carbocycles. The SMILES string of the molecule is NC(=O)c1ccccc1CS(=O)(=O)c1cc(Cl)ccc1N. The van der Waals surface area contributed by atoms with E-state index in [1.54, 1.807) is 18.2 Å². The average molecular weight is 325 g/mol. The van der Waals surface area contributed by atoms with Crippen molar-refractivity contribution in [3.63, 3.8) is 0 Å². The number of nitrogen functional groups attached to an aromatic ring is 1. The lowest BCUT2D eigenvalue weighted by molar-refractivity contribution is 0.0999. The van der Waals surface area contributed by atoms with Crippen molar-refractivity contribution in [3.05, 3.63) is 58.6 Å². The van der Waals surface area contributed by atoms with Crippen LogP contribution in [0, 0.1) is 0 Å². The number of hydrogen-bond donors (Lipinski definition) is 2. The highest BCUT2D eigenvalue weighted by atomic mass is 35.5. The molecule has 4 N–H and O–H groups in total. The highest BCUT2D eigenvalue weighted by Crippen LogP contribution is 2.26. The van der Waals surface area contributed by atoms with E-state index in [4.69, 9.17) is 23.1 Å². The second-order valence-corrected chi connectivity index (χ2v) is 6.86. The van der Waals surface area contributed by atoms with Crippen molar-refractivity contribution in [2.24, 2.45) is 5.73 Å². The molecule has 0 heterocycles. The molecule has 0 aromatic heterocycles. The minimum atomic E-state index is -3.74. The van der Waals surface area contributed by atoms with E-state index in [9.17, 15) is 13.2 Å². The van der Waals surface area contributed by atoms with Gasteiger partial charge in [-0.15, -0.1) is 0 Å². The highest BCUT2D eigenvalue weighted by molar-refractivity contribution is 7.90. The first kappa shape index (κ1) is 15.3. The predicted octanol–water partition coefficient (Wildman–Crippen LogP) is 2.00. The highest BCUT2D eigenvalue weighted by Gasteiger charge is 2.21. The summed E-state index contributed by atoms with van der Waals surface area (Å²) in [7, 11) is -3.74. The van der Waals surface area contributed by atoms with E-state index in [1.807, 2.05) is 0 Å². The lowest BCUT2D eigenvalue weighted by Gasteiger charge is -2.10. The summed E-state index contributed by atoms with van der Waals surface area (Å²) in [5, 5.41) is 0.269. The molecule has 0 bridgehead atoms. The molecule has 2 rings (SSSR count). The third-order valence-electron chi connectivity index (χ3n) is 2.94. The number of primary amides is 1. The van der Waals surface area contributed by atoms with E-state index in [-0.39, 0.29) is 26.9 Å². The molecule has 110 valence electrons. The molecule has 0 unspecified atom stereocenters. The number of sulfone groups is 1. The van der Waals surface area contributed by atoms with Crippen molar-refractivity contribution in [1.82, 2.24) is 0 Å². The Bertz CT molecular complexity index is 804. The van der Waals surface area contributed by atoms with Gasteiger partial charge in [-0.25, -0.2) is 8.42 Å². The van der Waals surface area contributed by atoms with Crippen LogP contribution in [0.15, 0.2) is 47.4 Å². The number of benzene rings is 2. The fourth-order valence-electron chi connectivity index (χ4n) is 1.95. The van der Waals surface area contributed by atoms with E-state index in [0.717, 1.165) is 0 Å². The molecule has 0 radical (unpaired) electrons. The van der Waals surface area contributed by atoms with Gasteiger partial charge in [0.1, 0.15) is 0 Å². The molecule has 2 aromatic rings. The Morgan fingerprint density at radius 3 is 2.48 bits per heavy atom. The van der Waals surface area contributed by atoms with Gasteiger partial charge in [0.15, 0.2) is 9.84 Å². The van der Waals surface area contributed by atoms with Crippen LogP contribution in [0.1, 0.15) is 15.9 Å². The average Bonchev–Trinajstić information content (AvgIpc) is 2.41. The van der Waals surface area contributed by atoms with Crippen molar-refractivity contribution in [2.45, 2.75) is 10.6 Å². The maximum absolute atomic E-state index is 12.5. The number of anilines is 1. The minimum absolute atomic E-state index is 0.0609. The summed E-state index contributed by atoms with van der Waals surface area (Å²) in [6, 6.07) is 10.5. The molecule has 1 amide bonds. The van der Waals surface area contributed by atoms with Gasteiger partial charge in [0.05, 0.1) is 16.3 Å². The van der Waals surface area contributed by atoms with Gasteiger partial charge in [0.25, 0.3) is 0 Å². The third-order valence-corrected chi connectivity index (χ3v) is 4.89. The van der Waals surface area contributed by atoms with Gasteiger partial charge in [-0.3, -0.25) is 4.79 Å². The minimum Gasteiger partial charge on any atom is -0.398 e. The predicted molar refractivity (Wildman–Crippen MR) is 81.7 cm³/mol. The zero-order valence-corrected chi connectivity index (χ0v) is 12.5. The molecule has 0 aliphatic carbocycles. The normalized spacial score (nSPS) is 11.3. The summed E-state index contributed by atoms with van der Waals surface area (Å²) in [6.07, 6.45) is 0. The van der Waals surface area contributed by atoms with E-state index >= 15 is 0 Å². The summed E-state index contributed by atoms with van der Waals surface area (Å²) >= 11 is 5.81. The molecule has 0 saturated heterocycles. The standard InChI is InChI=1S/C14H13ClN2O3S/c15-10-5-6-12(16)13(7-10)21(19,20)8-9-3-1-2-4-11(9)14(17)18/h1-7H,8,16H2,(H2,17,18). The molecule has 21 heavy (non-hydrogen) atoms. The van der Waals surface area contributed by atoms with Crippen LogP contribution in [0.4, 0.5) is 5.69 Å². The fourth-order valence-corrected chi connectivity index (χ4v) is 3.73. The Labute approximate surface area is 127 Å². The van der Waals surface area contributed by atoms with Crippen LogP contribution in [0.2, 0.25) is 5.02 Å². The molecular weight excluding hydrogens is 312 g/mol. The zero-order chi connectivity index (χ0) is 15.6. The third kappa shape index (κ3) is 3.34. The molecular formula is C14H13ClN2O3S. The van der Waals surface area contributed by atoms with Crippen molar-refractivity contribution < 1.29 is 13.2 Å². The Morgan fingerprint density at radius 1 is 1.14 bits per heavy atom. The van der Waals surface area contributed by atoms with Crippen LogP contribution in [0.5, 0.6) is 0 Å². The van der Waals surface area contributed by atoms with Crippen LogP contribution in [0.25, 0.3) is 0 Å². The Morgan fingerprint density at radius 2 is 1.81 bits per heavy atom. The maximum Gasteiger partial charge on any atom is 0.249 e. The fraction of sp³-hybridized carbons (Fsp3) is 0.0714. The number of nitrogens with two attached hydrogens (primary N) is 2. The van der Waals surface area contributed by atoms with E-state index in [1.165, 1.54) is 24.3 Å². The molecule has 5 nitrogen and oxygen atoms in total. The van der Waals surface area contributed by atoms with Crippen LogP contribution < -0.4 is 11.5 Å². The topological polar surface area (TPSA) is 103 Å². The van der Waals surface area contributed by atoms with Gasteiger partial charge >= 0.3 is 0 Å². The smallest absolute Gasteiger partial charge is 0.249 e. The van der Waals surface area contributed by atoms with Gasteiger partial charge < -0.3 is 11.5 Å². The van der Waals surface area contributed by atoms with E-state index in [0.29, 0.717) is 5.56 Å². The number of hydrogen-bond acceptors (Lipinski definition) is 4. The Balaban J connectivity index is 2.48. The van der Waals surface area contributed by atoms with Gasteiger partial charge in [0.2, 0.25) is 5.91 Å². The molecule has 0 aliphatic rings. The molecule has 0 aliphatic heterocycles. The summed E-state index contributed by atoms with van der Waals surface area (Å²) in [4.78, 5) is 11.3. The maximum atomic E-state index is 12.5. The monoisotopic (exact) mass is 324 g/mol.